The van der Waals surface area contributed by atoms with Crippen LogP contribution in [0.3, 0.4) is 0 Å². The summed E-state index contributed by atoms with van der Waals surface area (Å²) in [6, 6.07) is 3.70. The van der Waals surface area contributed by atoms with E-state index in [1.165, 1.54) is 0 Å². The van der Waals surface area contributed by atoms with Crippen LogP contribution in [-0.2, 0) is 6.54 Å². The van der Waals surface area contributed by atoms with Gasteiger partial charge in [-0.3, -0.25) is 9.78 Å². The largest absolute Gasteiger partial charge is 0.343 e. The highest BCUT2D eigenvalue weighted by atomic mass is 79.9. The fourth-order valence-electron chi connectivity index (χ4n) is 1.75. The van der Waals surface area contributed by atoms with Crippen LogP contribution in [0.4, 0.5) is 5.69 Å². The highest BCUT2D eigenvalue weighted by molar-refractivity contribution is 9.10. The van der Waals surface area contributed by atoms with E-state index in [1.807, 2.05) is 36.7 Å². The first kappa shape index (κ1) is 12.8. The first-order valence-corrected chi connectivity index (χ1v) is 6.48. The molecule has 0 spiro atoms. The van der Waals surface area contributed by atoms with E-state index in [-0.39, 0.29) is 5.91 Å². The molecule has 1 N–H and O–H groups in total. The second kappa shape index (κ2) is 5.35. The molecule has 0 saturated heterocycles. The van der Waals surface area contributed by atoms with Gasteiger partial charge in [-0.15, -0.1) is 0 Å². The van der Waals surface area contributed by atoms with Crippen LogP contribution in [0.5, 0.6) is 0 Å². The van der Waals surface area contributed by atoms with Crippen LogP contribution >= 0.6 is 15.9 Å². The predicted molar refractivity (Wildman–Crippen MR) is 74.7 cm³/mol. The normalized spacial score (nSPS) is 10.4. The zero-order valence-corrected chi connectivity index (χ0v) is 11.9. The summed E-state index contributed by atoms with van der Waals surface area (Å²) < 4.78 is 2.79. The zero-order valence-electron chi connectivity index (χ0n) is 10.3. The summed E-state index contributed by atoms with van der Waals surface area (Å²) in [6.07, 6.45) is 5.28. The minimum absolute atomic E-state index is 0.130. The third-order valence-corrected chi connectivity index (χ3v) is 3.00. The molecular formula is C13H14BrN3O. The lowest BCUT2D eigenvalue weighted by molar-refractivity contribution is 0.101. The van der Waals surface area contributed by atoms with Gasteiger partial charge in [0.2, 0.25) is 0 Å². The maximum atomic E-state index is 12.1. The Bertz CT molecular complexity index is 577. The van der Waals surface area contributed by atoms with Gasteiger partial charge in [0.05, 0.1) is 11.9 Å². The van der Waals surface area contributed by atoms with E-state index in [9.17, 15) is 4.79 Å². The van der Waals surface area contributed by atoms with Gasteiger partial charge < -0.3 is 9.88 Å². The van der Waals surface area contributed by atoms with E-state index in [1.54, 1.807) is 12.4 Å². The molecular weight excluding hydrogens is 294 g/mol. The Labute approximate surface area is 114 Å². The molecule has 0 aromatic carbocycles. The van der Waals surface area contributed by atoms with Gasteiger partial charge >= 0.3 is 0 Å². The van der Waals surface area contributed by atoms with Crippen LogP contribution in [0.25, 0.3) is 0 Å². The van der Waals surface area contributed by atoms with Crippen LogP contribution in [0, 0.1) is 6.92 Å². The maximum Gasteiger partial charge on any atom is 0.272 e. The highest BCUT2D eigenvalue weighted by Crippen LogP contribution is 2.17. The molecule has 5 heteroatoms. The number of aromatic nitrogens is 2. The van der Waals surface area contributed by atoms with Gasteiger partial charge in [-0.25, -0.2) is 0 Å². The number of carbonyl (C=O) groups excluding carboxylic acids is 1. The van der Waals surface area contributed by atoms with E-state index in [4.69, 9.17) is 0 Å². The molecule has 1 amide bonds. The minimum Gasteiger partial charge on any atom is -0.343 e. The molecule has 2 aromatic rings. The topological polar surface area (TPSA) is 46.9 Å². The first-order valence-electron chi connectivity index (χ1n) is 5.69. The predicted octanol–water partition coefficient (Wildman–Crippen LogP) is 3.23. The number of aryl methyl sites for hydroxylation is 2. The Balaban J connectivity index is 2.21. The van der Waals surface area contributed by atoms with Gasteiger partial charge in [-0.1, -0.05) is 0 Å². The van der Waals surface area contributed by atoms with Crippen molar-refractivity contribution in [1.29, 1.82) is 0 Å². The molecule has 0 unspecified atom stereocenters. The standard InChI is InChI=1S/C13H14BrN3O/c1-3-17-8-10(14)5-12(17)13(18)16-11-4-9(2)6-15-7-11/h4-8H,3H2,1-2H3,(H,16,18). The van der Waals surface area contributed by atoms with Crippen molar-refractivity contribution >= 4 is 27.5 Å². The van der Waals surface area contributed by atoms with Crippen LogP contribution in [0.15, 0.2) is 35.2 Å². The lowest BCUT2D eigenvalue weighted by Gasteiger charge is -2.07. The molecule has 2 heterocycles. The molecule has 0 radical (unpaired) electrons. The summed E-state index contributed by atoms with van der Waals surface area (Å²) in [4.78, 5) is 16.2. The van der Waals surface area contributed by atoms with Crippen molar-refractivity contribution in [1.82, 2.24) is 9.55 Å². The Morgan fingerprint density at radius 3 is 2.89 bits per heavy atom. The molecule has 0 atom stereocenters. The van der Waals surface area contributed by atoms with E-state index < -0.39 is 0 Å². The smallest absolute Gasteiger partial charge is 0.272 e. The molecule has 0 saturated carbocycles. The molecule has 18 heavy (non-hydrogen) atoms. The number of hydrogen-bond donors (Lipinski definition) is 1. The Morgan fingerprint density at radius 1 is 1.44 bits per heavy atom. The first-order chi connectivity index (χ1) is 8.60. The molecule has 0 bridgehead atoms. The van der Waals surface area contributed by atoms with Gasteiger partial charge in [-0.2, -0.15) is 0 Å². The van der Waals surface area contributed by atoms with E-state index in [2.05, 4.69) is 26.2 Å². The molecule has 0 fully saturated rings. The SMILES string of the molecule is CCn1cc(Br)cc1C(=O)Nc1cncc(C)c1. The molecule has 0 aliphatic rings. The van der Waals surface area contributed by atoms with Crippen LogP contribution in [0.1, 0.15) is 23.0 Å². The lowest BCUT2D eigenvalue weighted by atomic mass is 10.3. The summed E-state index contributed by atoms with van der Waals surface area (Å²) in [6.45, 7) is 4.69. The lowest BCUT2D eigenvalue weighted by Crippen LogP contribution is -2.16. The second-order valence-electron chi connectivity index (χ2n) is 4.03. The number of amides is 1. The molecule has 0 aliphatic carbocycles. The van der Waals surface area contributed by atoms with Gasteiger partial charge in [0.25, 0.3) is 5.91 Å². The third-order valence-electron chi connectivity index (χ3n) is 2.57. The summed E-state index contributed by atoms with van der Waals surface area (Å²) in [5, 5.41) is 2.84. The number of anilines is 1. The fraction of sp³-hybridized carbons (Fsp3) is 0.231. The monoisotopic (exact) mass is 307 g/mol. The maximum absolute atomic E-state index is 12.1. The number of pyridine rings is 1. The van der Waals surface area contributed by atoms with Crippen molar-refractivity contribution in [3.8, 4) is 0 Å². The summed E-state index contributed by atoms with van der Waals surface area (Å²) in [5.41, 5.74) is 2.35. The number of carbonyl (C=O) groups is 1. The van der Waals surface area contributed by atoms with Gasteiger partial charge in [0.15, 0.2) is 0 Å². The number of halogens is 1. The number of nitrogens with zero attached hydrogens (tertiary/aromatic N) is 2. The average molecular weight is 308 g/mol. The van der Waals surface area contributed by atoms with Crippen molar-refractivity contribution in [3.63, 3.8) is 0 Å². The van der Waals surface area contributed by atoms with Crippen molar-refractivity contribution in [2.24, 2.45) is 0 Å². The van der Waals surface area contributed by atoms with Gasteiger partial charge in [-0.05, 0) is 47.5 Å². The fourth-order valence-corrected chi connectivity index (χ4v) is 2.21. The zero-order chi connectivity index (χ0) is 13.1. The van der Waals surface area contributed by atoms with Crippen molar-refractivity contribution in [2.45, 2.75) is 20.4 Å². The number of nitrogens with one attached hydrogen (secondary N) is 1. The van der Waals surface area contributed by atoms with Crippen LogP contribution in [0.2, 0.25) is 0 Å². The summed E-state index contributed by atoms with van der Waals surface area (Å²) in [5.74, 6) is -0.130. The van der Waals surface area contributed by atoms with Crippen molar-refractivity contribution < 1.29 is 4.79 Å². The summed E-state index contributed by atoms with van der Waals surface area (Å²) in [7, 11) is 0. The van der Waals surface area contributed by atoms with Gasteiger partial charge in [0, 0.05) is 23.4 Å². The minimum atomic E-state index is -0.130. The molecule has 2 rings (SSSR count). The van der Waals surface area contributed by atoms with Gasteiger partial charge in [0.1, 0.15) is 5.69 Å². The Kier molecular flexibility index (Phi) is 3.81. The molecule has 94 valence electrons. The quantitative estimate of drug-likeness (QED) is 0.946. The number of rotatable bonds is 3. The van der Waals surface area contributed by atoms with E-state index in [0.717, 1.165) is 16.6 Å². The third kappa shape index (κ3) is 2.79. The van der Waals surface area contributed by atoms with Crippen molar-refractivity contribution in [2.75, 3.05) is 5.32 Å². The van der Waals surface area contributed by atoms with Crippen molar-refractivity contribution in [3.05, 3.63) is 46.5 Å². The molecule has 4 nitrogen and oxygen atoms in total. The van der Waals surface area contributed by atoms with Crippen LogP contribution in [-0.4, -0.2) is 15.5 Å². The van der Waals surface area contributed by atoms with Crippen LogP contribution < -0.4 is 5.32 Å². The average Bonchev–Trinajstić information content (AvgIpc) is 2.70. The Hall–Kier alpha value is -1.62. The number of hydrogen-bond acceptors (Lipinski definition) is 2. The van der Waals surface area contributed by atoms with E-state index >= 15 is 0 Å². The molecule has 2 aromatic heterocycles. The second-order valence-corrected chi connectivity index (χ2v) is 4.95. The van der Waals surface area contributed by atoms with E-state index in [0.29, 0.717) is 11.4 Å². The Morgan fingerprint density at radius 2 is 2.22 bits per heavy atom. The highest BCUT2D eigenvalue weighted by Gasteiger charge is 2.12. The molecule has 0 aliphatic heterocycles. The summed E-state index contributed by atoms with van der Waals surface area (Å²) >= 11 is 3.38.